The number of esters is 1. The van der Waals surface area contributed by atoms with Gasteiger partial charge in [0, 0.05) is 49.9 Å². The molecule has 11 nitrogen and oxygen atoms in total. The van der Waals surface area contributed by atoms with Crippen LogP contribution in [0.2, 0.25) is 0 Å². The van der Waals surface area contributed by atoms with Crippen molar-refractivity contribution in [2.45, 2.75) is 69.9 Å². The number of benzene rings is 3. The molecule has 11 heteroatoms. The van der Waals surface area contributed by atoms with Crippen LogP contribution in [0.25, 0.3) is 0 Å². The van der Waals surface area contributed by atoms with Gasteiger partial charge in [0.25, 0.3) is 5.91 Å². The number of hydrogen-bond donors (Lipinski definition) is 3. The summed E-state index contributed by atoms with van der Waals surface area (Å²) in [6.45, 7) is 5.42. The summed E-state index contributed by atoms with van der Waals surface area (Å²) in [7, 11) is 0. The normalized spacial score (nSPS) is 23.3. The van der Waals surface area contributed by atoms with E-state index in [4.69, 9.17) is 14.2 Å². The smallest absolute Gasteiger partial charge is 0.303 e. The monoisotopic (exact) mass is 642 g/mol. The van der Waals surface area contributed by atoms with E-state index >= 15 is 0 Å². The molecule has 0 saturated carbocycles. The number of hydrogen-bond acceptors (Lipinski definition) is 9. The van der Waals surface area contributed by atoms with Crippen LogP contribution in [0.4, 0.5) is 11.4 Å². The molecule has 0 aromatic heterocycles. The number of aliphatic hydroxyl groups excluding tert-OH is 1. The number of aliphatic hydroxyl groups is 1. The van der Waals surface area contributed by atoms with Crippen molar-refractivity contribution in [3.05, 3.63) is 95.6 Å². The number of amides is 2. The van der Waals surface area contributed by atoms with Gasteiger partial charge >= 0.3 is 5.97 Å². The van der Waals surface area contributed by atoms with E-state index in [2.05, 4.69) is 32.6 Å². The number of nitrogens with one attached hydrogen (secondary N) is 2. The van der Waals surface area contributed by atoms with Crippen LogP contribution in [-0.2, 0) is 35.2 Å². The number of para-hydroxylation sites is 1. The Balaban J connectivity index is 1.17. The van der Waals surface area contributed by atoms with E-state index in [1.165, 1.54) is 13.8 Å². The van der Waals surface area contributed by atoms with E-state index in [-0.39, 0.29) is 24.7 Å². The summed E-state index contributed by atoms with van der Waals surface area (Å²) in [5, 5.41) is 15.4. The molecule has 47 heavy (non-hydrogen) atoms. The van der Waals surface area contributed by atoms with Crippen LogP contribution < -0.4 is 15.5 Å². The molecule has 3 fully saturated rings. The molecule has 0 bridgehead atoms. The topological polar surface area (TPSA) is 130 Å². The summed E-state index contributed by atoms with van der Waals surface area (Å²) >= 11 is 0. The third kappa shape index (κ3) is 7.33. The number of carbonyl (C=O) groups excluding carboxylic acids is 3. The number of likely N-dealkylation sites (tertiary alicyclic amines) is 1. The van der Waals surface area contributed by atoms with Crippen molar-refractivity contribution in [3.8, 4) is 0 Å². The van der Waals surface area contributed by atoms with Crippen molar-refractivity contribution >= 4 is 29.2 Å². The van der Waals surface area contributed by atoms with Crippen molar-refractivity contribution < 1.29 is 33.7 Å². The van der Waals surface area contributed by atoms with Crippen LogP contribution in [0.3, 0.4) is 0 Å². The molecule has 0 aliphatic carbocycles. The van der Waals surface area contributed by atoms with Crippen molar-refractivity contribution in [1.29, 1.82) is 0 Å². The van der Waals surface area contributed by atoms with Gasteiger partial charge in [0.15, 0.2) is 12.4 Å². The molecule has 0 radical (unpaired) electrons. The van der Waals surface area contributed by atoms with Gasteiger partial charge in [-0.2, -0.15) is 0 Å². The molecule has 3 heterocycles. The van der Waals surface area contributed by atoms with Gasteiger partial charge in [0.2, 0.25) is 5.91 Å². The van der Waals surface area contributed by atoms with Crippen molar-refractivity contribution in [1.82, 2.24) is 10.2 Å². The van der Waals surface area contributed by atoms with Gasteiger partial charge in [-0.3, -0.25) is 14.4 Å². The summed E-state index contributed by atoms with van der Waals surface area (Å²) in [5.74, 6) is -0.880. The van der Waals surface area contributed by atoms with Gasteiger partial charge in [-0.15, -0.1) is 0 Å². The first-order valence-corrected chi connectivity index (χ1v) is 16.2. The largest absolute Gasteiger partial charge is 0.453 e. The standard InChI is InChI=1S/C36H42N4O7/c1-24(45-25(2)42)33(43)38-29-8-6-7-28(19-29)34-46-31(20-32(47-34)27-13-11-26(22-41)12-14-27)21-39-17-15-36(16-18-39)35(44)37-23-40(36)30-9-4-3-5-10-30/h3-14,19,24,31-32,34,41H,15-18,20-23H2,1-2H3,(H,37,44)(H,38,43)/t24-,31-,32+,34+/m0/s1. The number of rotatable bonds is 9. The lowest BCUT2D eigenvalue weighted by Crippen LogP contribution is -2.57. The van der Waals surface area contributed by atoms with Crippen LogP contribution in [0.15, 0.2) is 78.9 Å². The van der Waals surface area contributed by atoms with Gasteiger partial charge < -0.3 is 39.8 Å². The first kappa shape index (κ1) is 32.6. The predicted octanol–water partition coefficient (Wildman–Crippen LogP) is 4.04. The summed E-state index contributed by atoms with van der Waals surface area (Å²) < 4.78 is 18.1. The Morgan fingerprint density at radius 1 is 1.02 bits per heavy atom. The zero-order valence-corrected chi connectivity index (χ0v) is 26.8. The molecule has 3 aromatic rings. The zero-order valence-electron chi connectivity index (χ0n) is 26.8. The highest BCUT2D eigenvalue weighted by Gasteiger charge is 2.50. The average Bonchev–Trinajstić information content (AvgIpc) is 3.40. The average molecular weight is 643 g/mol. The van der Waals surface area contributed by atoms with Crippen LogP contribution in [0.5, 0.6) is 0 Å². The number of nitrogens with zero attached hydrogens (tertiary/aromatic N) is 2. The fourth-order valence-electron chi connectivity index (χ4n) is 6.77. The van der Waals surface area contributed by atoms with Gasteiger partial charge in [-0.05, 0) is 55.2 Å². The van der Waals surface area contributed by atoms with Gasteiger partial charge in [-0.1, -0.05) is 54.6 Å². The second-order valence-electron chi connectivity index (χ2n) is 12.5. The first-order chi connectivity index (χ1) is 22.7. The van der Waals surface area contributed by atoms with E-state index in [1.807, 2.05) is 54.6 Å². The van der Waals surface area contributed by atoms with Crippen molar-refractivity contribution in [2.24, 2.45) is 0 Å². The number of ether oxygens (including phenoxy) is 3. The summed E-state index contributed by atoms with van der Waals surface area (Å²) in [6.07, 6.45) is -0.0324. The molecule has 3 N–H and O–H groups in total. The molecule has 3 aliphatic heterocycles. The van der Waals surface area contributed by atoms with E-state index in [0.29, 0.717) is 38.2 Å². The third-order valence-electron chi connectivity index (χ3n) is 9.30. The van der Waals surface area contributed by atoms with E-state index in [0.717, 1.165) is 35.5 Å². The maximum atomic E-state index is 13.2. The highest BCUT2D eigenvalue weighted by atomic mass is 16.7. The van der Waals surface area contributed by atoms with Crippen molar-refractivity contribution in [2.75, 3.05) is 36.5 Å². The fourth-order valence-corrected chi connectivity index (χ4v) is 6.77. The Labute approximate surface area is 274 Å². The second-order valence-corrected chi connectivity index (χ2v) is 12.5. The molecule has 3 saturated heterocycles. The lowest BCUT2D eigenvalue weighted by molar-refractivity contribution is -0.253. The van der Waals surface area contributed by atoms with Gasteiger partial charge in [0.1, 0.15) is 5.54 Å². The van der Waals surface area contributed by atoms with Crippen LogP contribution in [0, 0.1) is 0 Å². The van der Waals surface area contributed by atoms with Crippen LogP contribution >= 0.6 is 0 Å². The van der Waals surface area contributed by atoms with Crippen molar-refractivity contribution in [3.63, 3.8) is 0 Å². The minimum absolute atomic E-state index is 0.0368. The summed E-state index contributed by atoms with van der Waals surface area (Å²) in [5.41, 5.74) is 3.56. The van der Waals surface area contributed by atoms with Gasteiger partial charge in [-0.25, -0.2) is 0 Å². The molecule has 1 spiro atoms. The molecule has 3 aromatic carbocycles. The van der Waals surface area contributed by atoms with E-state index in [9.17, 15) is 19.5 Å². The molecule has 6 rings (SSSR count). The van der Waals surface area contributed by atoms with E-state index in [1.54, 1.807) is 12.1 Å². The summed E-state index contributed by atoms with van der Waals surface area (Å²) in [6, 6.07) is 25.1. The lowest BCUT2D eigenvalue weighted by atomic mass is 9.85. The first-order valence-electron chi connectivity index (χ1n) is 16.2. The lowest BCUT2D eigenvalue weighted by Gasteiger charge is -2.45. The fraction of sp³-hybridized carbons (Fsp3) is 0.417. The quantitative estimate of drug-likeness (QED) is 0.296. The summed E-state index contributed by atoms with van der Waals surface area (Å²) in [4.78, 5) is 41.7. The molecular weight excluding hydrogens is 600 g/mol. The molecule has 0 unspecified atom stereocenters. The number of piperidine rings is 1. The zero-order chi connectivity index (χ0) is 33.0. The Bertz CT molecular complexity index is 1560. The highest BCUT2D eigenvalue weighted by molar-refractivity contribution is 5.95. The van der Waals surface area contributed by atoms with Gasteiger partial charge in [0.05, 0.1) is 25.5 Å². The maximum absolute atomic E-state index is 13.2. The minimum atomic E-state index is -0.937. The highest BCUT2D eigenvalue weighted by Crippen LogP contribution is 2.40. The molecule has 4 atom stereocenters. The SMILES string of the molecule is CC(=O)O[C@@H](C)C(=O)Nc1cccc([C@@H]2O[C@H](CN3CCC4(CC3)C(=O)NCN4c3ccccc3)C[C@H](c3ccc(CO)cc3)O2)c1. The second kappa shape index (κ2) is 14.2. The third-order valence-corrected chi connectivity index (χ3v) is 9.30. The Kier molecular flexibility index (Phi) is 9.88. The molecule has 3 aliphatic rings. The van der Waals surface area contributed by atoms with Crippen LogP contribution in [-0.4, -0.2) is 71.8 Å². The van der Waals surface area contributed by atoms with E-state index < -0.39 is 29.8 Å². The minimum Gasteiger partial charge on any atom is -0.453 e. The number of carbonyl (C=O) groups is 3. The Hall–Kier alpha value is -4.29. The molecular formula is C36H42N4O7. The van der Waals surface area contributed by atoms with Crippen LogP contribution in [0.1, 0.15) is 62.2 Å². The number of anilines is 2. The predicted molar refractivity (Wildman–Crippen MR) is 175 cm³/mol. The molecule has 248 valence electrons. The Morgan fingerprint density at radius 3 is 2.47 bits per heavy atom. The molecule has 2 amide bonds. The maximum Gasteiger partial charge on any atom is 0.303 e. The Morgan fingerprint density at radius 2 is 1.77 bits per heavy atom.